The molecule has 1 rings (SSSR count). The van der Waals surface area contributed by atoms with E-state index in [2.05, 4.69) is 10.2 Å². The zero-order chi connectivity index (χ0) is 6.85. The summed E-state index contributed by atoms with van der Waals surface area (Å²) in [6, 6.07) is 0. The van der Waals surface area contributed by atoms with Crippen LogP contribution in [0.2, 0.25) is 4.47 Å². The Hall–Kier alpha value is -0.200. The summed E-state index contributed by atoms with van der Waals surface area (Å²) in [6.07, 6.45) is 0. The SMILES string of the molecule is O=[SH](=O)c1nnc(Cl)s1. The van der Waals surface area contributed by atoms with Crippen LogP contribution < -0.4 is 0 Å². The van der Waals surface area contributed by atoms with E-state index in [4.69, 9.17) is 11.6 Å². The van der Waals surface area contributed by atoms with Gasteiger partial charge in [-0.05, 0) is 11.6 Å². The van der Waals surface area contributed by atoms with Gasteiger partial charge in [0.2, 0.25) is 8.81 Å². The fraction of sp³-hybridized carbons (Fsp3) is 0. The molecule has 1 aromatic heterocycles. The van der Waals surface area contributed by atoms with E-state index >= 15 is 0 Å². The third-order valence-corrected chi connectivity index (χ3v) is 2.49. The molecule has 0 aliphatic carbocycles. The van der Waals surface area contributed by atoms with Crippen molar-refractivity contribution in [1.29, 1.82) is 0 Å². The largest absolute Gasteiger partial charge is 0.230 e. The number of thiol groups is 1. The lowest BCUT2D eigenvalue weighted by molar-refractivity contribution is 0.612. The smallest absolute Gasteiger partial charge is 0.224 e. The molecule has 1 aromatic rings. The molecule has 0 bridgehead atoms. The Morgan fingerprint density at radius 2 is 2.11 bits per heavy atom. The molecule has 1 heterocycles. The van der Waals surface area contributed by atoms with Crippen LogP contribution >= 0.6 is 22.9 Å². The average molecular weight is 185 g/mol. The fourth-order valence-corrected chi connectivity index (χ4v) is 1.68. The van der Waals surface area contributed by atoms with Crippen molar-refractivity contribution in [2.45, 2.75) is 4.34 Å². The molecule has 0 N–H and O–H groups in total. The molecule has 9 heavy (non-hydrogen) atoms. The lowest BCUT2D eigenvalue weighted by Gasteiger charge is -1.67. The zero-order valence-electron chi connectivity index (χ0n) is 3.94. The summed E-state index contributed by atoms with van der Waals surface area (Å²) in [6.45, 7) is 0. The number of hydrogen-bond donors (Lipinski definition) is 1. The third-order valence-electron chi connectivity index (χ3n) is 0.546. The van der Waals surface area contributed by atoms with Gasteiger partial charge < -0.3 is 0 Å². The molecule has 0 aliphatic rings. The summed E-state index contributed by atoms with van der Waals surface area (Å²) in [5, 5.41) is 6.54. The lowest BCUT2D eigenvalue weighted by Crippen LogP contribution is -1.75. The molecule has 4 nitrogen and oxygen atoms in total. The summed E-state index contributed by atoms with van der Waals surface area (Å²) in [7, 11) is -2.61. The maximum Gasteiger partial charge on any atom is 0.230 e. The van der Waals surface area contributed by atoms with Crippen LogP contribution in [0.4, 0.5) is 0 Å². The summed E-state index contributed by atoms with van der Waals surface area (Å²) in [5.74, 6) is 0. The topological polar surface area (TPSA) is 59.9 Å². The van der Waals surface area contributed by atoms with Gasteiger partial charge in [0, 0.05) is 0 Å². The van der Waals surface area contributed by atoms with Crippen molar-refractivity contribution in [3.63, 3.8) is 0 Å². The molecule has 0 saturated heterocycles. The van der Waals surface area contributed by atoms with Crippen molar-refractivity contribution >= 4 is 33.6 Å². The van der Waals surface area contributed by atoms with Crippen LogP contribution in [0.1, 0.15) is 0 Å². The van der Waals surface area contributed by atoms with Crippen molar-refractivity contribution in [2.24, 2.45) is 0 Å². The number of aromatic nitrogens is 2. The number of rotatable bonds is 1. The molecule has 0 aliphatic heterocycles. The van der Waals surface area contributed by atoms with E-state index in [-0.39, 0.29) is 8.81 Å². The second-order valence-electron chi connectivity index (χ2n) is 1.09. The van der Waals surface area contributed by atoms with Crippen molar-refractivity contribution in [1.82, 2.24) is 10.2 Å². The van der Waals surface area contributed by atoms with E-state index < -0.39 is 10.7 Å². The highest BCUT2D eigenvalue weighted by Crippen LogP contribution is 2.14. The summed E-state index contributed by atoms with van der Waals surface area (Å²) < 4.78 is 20.3. The second-order valence-corrected chi connectivity index (χ2v) is 3.89. The molecule has 7 heteroatoms. The van der Waals surface area contributed by atoms with Crippen LogP contribution in [0, 0.1) is 0 Å². The Balaban J connectivity index is 3.12. The van der Waals surface area contributed by atoms with E-state index in [1.165, 1.54) is 0 Å². The first-order valence-corrected chi connectivity index (χ1v) is 4.21. The number of halogens is 1. The van der Waals surface area contributed by atoms with Crippen LogP contribution in [-0.4, -0.2) is 18.6 Å². The van der Waals surface area contributed by atoms with Gasteiger partial charge in [-0.15, -0.1) is 10.2 Å². The number of nitrogens with zero attached hydrogens (tertiary/aromatic N) is 2. The van der Waals surface area contributed by atoms with Crippen molar-refractivity contribution < 1.29 is 8.42 Å². The summed E-state index contributed by atoms with van der Waals surface area (Å²) in [5.41, 5.74) is 0. The van der Waals surface area contributed by atoms with E-state index in [9.17, 15) is 8.42 Å². The van der Waals surface area contributed by atoms with Gasteiger partial charge in [0.05, 0.1) is 0 Å². The highest BCUT2D eigenvalue weighted by Gasteiger charge is 2.01. The lowest BCUT2D eigenvalue weighted by atomic mass is 11.6. The third kappa shape index (κ3) is 1.60. The van der Waals surface area contributed by atoms with Crippen molar-refractivity contribution in [3.05, 3.63) is 4.47 Å². The standard InChI is InChI=1S/C2HClN2O2S2/c3-1-4-5-2(8-1)9(6)7/h9H. The van der Waals surface area contributed by atoms with Crippen LogP contribution in [-0.2, 0) is 10.7 Å². The molecule has 0 spiro atoms. The van der Waals surface area contributed by atoms with Crippen LogP contribution in [0.25, 0.3) is 0 Å². The van der Waals surface area contributed by atoms with Gasteiger partial charge >= 0.3 is 0 Å². The minimum absolute atomic E-state index is 0.0463. The minimum Gasteiger partial charge on any atom is -0.224 e. The van der Waals surface area contributed by atoms with Crippen LogP contribution in [0.3, 0.4) is 0 Å². The van der Waals surface area contributed by atoms with Gasteiger partial charge in [-0.25, -0.2) is 8.42 Å². The van der Waals surface area contributed by atoms with Crippen molar-refractivity contribution in [3.8, 4) is 0 Å². The van der Waals surface area contributed by atoms with E-state index in [0.717, 1.165) is 11.3 Å². The molecular weight excluding hydrogens is 184 g/mol. The first-order valence-electron chi connectivity index (χ1n) is 1.83. The molecule has 0 saturated carbocycles. The molecule has 0 atom stereocenters. The van der Waals surface area contributed by atoms with Gasteiger partial charge in [-0.1, -0.05) is 11.3 Å². The van der Waals surface area contributed by atoms with E-state index in [0.29, 0.717) is 0 Å². The van der Waals surface area contributed by atoms with E-state index in [1.807, 2.05) is 0 Å². The Morgan fingerprint density at radius 1 is 1.44 bits per heavy atom. The average Bonchev–Trinajstić information content (AvgIpc) is 2.14. The quantitative estimate of drug-likeness (QED) is 0.632. The Labute approximate surface area is 61.4 Å². The molecule has 0 aromatic carbocycles. The van der Waals surface area contributed by atoms with Crippen LogP contribution in [0.5, 0.6) is 0 Å². The normalized spacial score (nSPS) is 10.4. The summed E-state index contributed by atoms with van der Waals surface area (Å²) >= 11 is 6.12. The zero-order valence-corrected chi connectivity index (χ0v) is 6.41. The molecular formula is C2HClN2O2S2. The highest BCUT2D eigenvalue weighted by molar-refractivity contribution is 7.75. The van der Waals surface area contributed by atoms with Gasteiger partial charge in [0.15, 0.2) is 10.7 Å². The monoisotopic (exact) mass is 184 g/mol. The fourth-order valence-electron chi connectivity index (χ4n) is 0.272. The molecule has 0 amide bonds. The van der Waals surface area contributed by atoms with Gasteiger partial charge in [0.1, 0.15) is 0 Å². The Morgan fingerprint density at radius 3 is 2.33 bits per heavy atom. The predicted molar refractivity (Wildman–Crippen MR) is 33.5 cm³/mol. The maximum atomic E-state index is 10.1. The molecule has 0 unspecified atom stereocenters. The predicted octanol–water partition coefficient (Wildman–Crippen LogP) is 0.162. The van der Waals surface area contributed by atoms with Gasteiger partial charge in [-0.2, -0.15) is 0 Å². The van der Waals surface area contributed by atoms with Gasteiger partial charge in [-0.3, -0.25) is 0 Å². The molecule has 0 fully saturated rings. The van der Waals surface area contributed by atoms with Crippen molar-refractivity contribution in [2.75, 3.05) is 0 Å². The summed E-state index contributed by atoms with van der Waals surface area (Å²) in [4.78, 5) is 0. The minimum atomic E-state index is -2.61. The van der Waals surface area contributed by atoms with Crippen LogP contribution in [0.15, 0.2) is 4.34 Å². The Kier molecular flexibility index (Phi) is 1.99. The first-order chi connectivity index (χ1) is 4.20. The second kappa shape index (κ2) is 2.59. The first kappa shape index (κ1) is 6.91. The molecule has 50 valence electrons. The molecule has 0 radical (unpaired) electrons. The maximum absolute atomic E-state index is 10.1. The Bertz CT molecular complexity index is 272. The highest BCUT2D eigenvalue weighted by atomic mass is 35.5. The van der Waals surface area contributed by atoms with Gasteiger partial charge in [0.25, 0.3) is 0 Å². The number of hydrogen-bond acceptors (Lipinski definition) is 5. The van der Waals surface area contributed by atoms with E-state index in [1.54, 1.807) is 0 Å².